The van der Waals surface area contributed by atoms with Gasteiger partial charge in [0.25, 0.3) is 0 Å². The second kappa shape index (κ2) is 52.2. The third-order valence-electron chi connectivity index (χ3n) is 10.2. The first-order valence-electron chi connectivity index (χ1n) is 25.7. The minimum Gasteiger partial charge on any atom is -0.462 e. The van der Waals surface area contributed by atoms with Crippen LogP contribution < -0.4 is 0 Å². The molecule has 364 valence electrons. The van der Waals surface area contributed by atoms with Crippen molar-refractivity contribution in [3.8, 4) is 0 Å². The van der Waals surface area contributed by atoms with Gasteiger partial charge < -0.3 is 14.2 Å². The van der Waals surface area contributed by atoms with E-state index in [0.29, 0.717) is 19.3 Å². The van der Waals surface area contributed by atoms with Crippen molar-refractivity contribution in [2.24, 2.45) is 0 Å². The van der Waals surface area contributed by atoms with Gasteiger partial charge in [-0.3, -0.25) is 14.4 Å². The molecule has 6 heteroatoms. The molecule has 0 rings (SSSR count). The van der Waals surface area contributed by atoms with E-state index in [0.717, 1.165) is 116 Å². The van der Waals surface area contributed by atoms with Crippen molar-refractivity contribution in [3.05, 3.63) is 134 Å². The average molecular weight is 897 g/mol. The molecule has 0 aromatic carbocycles. The van der Waals surface area contributed by atoms with E-state index in [2.05, 4.69) is 142 Å². The van der Waals surface area contributed by atoms with Gasteiger partial charge in [0.2, 0.25) is 0 Å². The topological polar surface area (TPSA) is 78.9 Å². The normalized spacial score (nSPS) is 13.2. The number of ether oxygens (including phenoxy) is 3. The number of rotatable bonds is 44. The Bertz CT molecular complexity index is 1450. The van der Waals surface area contributed by atoms with Crippen LogP contribution in [0.15, 0.2) is 134 Å². The van der Waals surface area contributed by atoms with E-state index in [1.54, 1.807) is 6.08 Å². The number of hydrogen-bond acceptors (Lipinski definition) is 6. The number of hydrogen-bond donors (Lipinski definition) is 0. The Morgan fingerprint density at radius 1 is 0.338 bits per heavy atom. The van der Waals surface area contributed by atoms with Crippen LogP contribution in [-0.2, 0) is 28.6 Å². The molecule has 0 saturated carbocycles. The fourth-order valence-electron chi connectivity index (χ4n) is 6.40. The third-order valence-corrected chi connectivity index (χ3v) is 10.2. The summed E-state index contributed by atoms with van der Waals surface area (Å²) in [6.07, 6.45) is 73.2. The average Bonchev–Trinajstić information content (AvgIpc) is 3.30. The number of carbonyl (C=O) groups is 3. The second-order valence-corrected chi connectivity index (χ2v) is 16.3. The van der Waals surface area contributed by atoms with Gasteiger partial charge in [0.05, 0.1) is 6.42 Å². The summed E-state index contributed by atoms with van der Waals surface area (Å²) in [7, 11) is 0. The minimum absolute atomic E-state index is 0.0862. The highest BCUT2D eigenvalue weighted by Gasteiger charge is 2.19. The fourth-order valence-corrected chi connectivity index (χ4v) is 6.40. The van der Waals surface area contributed by atoms with Gasteiger partial charge in [0.15, 0.2) is 6.10 Å². The van der Waals surface area contributed by atoms with Crippen LogP contribution in [0.1, 0.15) is 201 Å². The molecule has 1 atom stereocenters. The van der Waals surface area contributed by atoms with Crippen LogP contribution in [-0.4, -0.2) is 37.2 Å². The van der Waals surface area contributed by atoms with Crippen LogP contribution in [0.25, 0.3) is 0 Å². The molecule has 0 aliphatic heterocycles. The van der Waals surface area contributed by atoms with Crippen molar-refractivity contribution in [1.29, 1.82) is 0 Å². The number of esters is 3. The van der Waals surface area contributed by atoms with E-state index in [1.165, 1.54) is 38.5 Å². The molecular weight excluding hydrogens is 805 g/mol. The number of unbranched alkanes of at least 4 members (excludes halogenated alkanes) is 12. The van der Waals surface area contributed by atoms with Gasteiger partial charge >= 0.3 is 17.9 Å². The van der Waals surface area contributed by atoms with E-state index in [9.17, 15) is 14.4 Å². The number of carbonyl (C=O) groups excluding carboxylic acids is 3. The third kappa shape index (κ3) is 50.4. The molecule has 0 fully saturated rings. The maximum absolute atomic E-state index is 12.7. The first-order valence-corrected chi connectivity index (χ1v) is 25.7. The van der Waals surface area contributed by atoms with E-state index >= 15 is 0 Å². The van der Waals surface area contributed by atoms with Gasteiger partial charge in [0.1, 0.15) is 13.2 Å². The molecule has 0 N–H and O–H groups in total. The maximum atomic E-state index is 12.7. The van der Waals surface area contributed by atoms with Gasteiger partial charge in [0, 0.05) is 12.8 Å². The Balaban J connectivity index is 4.48. The van der Waals surface area contributed by atoms with Crippen molar-refractivity contribution < 1.29 is 28.6 Å². The van der Waals surface area contributed by atoms with E-state index in [1.807, 2.05) is 6.08 Å². The summed E-state index contributed by atoms with van der Waals surface area (Å²) in [5, 5.41) is 0. The standard InChI is InChI=1S/C59H92O6/c1-4-7-10-13-16-19-21-23-25-26-27-28-29-30-31-32-34-35-37-40-43-46-49-52-58(61)64-55-56(54-63-57(60)51-48-45-42-39-18-15-12-9-6-3)65-59(62)53-50-47-44-41-38-36-33-24-22-20-17-14-11-8-5-2/h7-8,10-11,16-17,19-20,23-25,27-28,30-31,33-35,38,41,47,50,56H,4-6,9,12-15,18,21-22,26,29,32,36-37,39-40,42-46,48-49,51-55H2,1-3H3/b10-7-,11-8-,19-16-,20-17-,25-23-,28-27-,31-30-,33-24-,35-34-,41-38-,50-47-. The van der Waals surface area contributed by atoms with E-state index in [4.69, 9.17) is 14.2 Å². The Labute approximate surface area is 398 Å². The summed E-state index contributed by atoms with van der Waals surface area (Å²) in [5.74, 6) is -1.10. The Morgan fingerprint density at radius 2 is 0.646 bits per heavy atom. The SMILES string of the molecule is CC/C=C\C/C=C\C/C=C\C/C=C\C/C=C\C/C=C\CCCCCCC(=O)OCC(COC(=O)CCCCCCCCCCC)OC(=O)C/C=C\C/C=C\C/C=C\C/C=C\C/C=C\CC. The minimum atomic E-state index is -0.845. The highest BCUT2D eigenvalue weighted by molar-refractivity contribution is 5.72. The molecule has 0 amide bonds. The maximum Gasteiger partial charge on any atom is 0.310 e. The molecule has 0 aromatic rings. The molecule has 6 nitrogen and oxygen atoms in total. The Hall–Kier alpha value is -4.45. The van der Waals surface area contributed by atoms with Crippen molar-refractivity contribution >= 4 is 17.9 Å². The fraction of sp³-hybridized carbons (Fsp3) is 0.576. The molecule has 0 radical (unpaired) electrons. The quantitative estimate of drug-likeness (QED) is 0.0262. The summed E-state index contributed by atoms with van der Waals surface area (Å²) in [5.41, 5.74) is 0. The molecule has 65 heavy (non-hydrogen) atoms. The predicted octanol–water partition coefficient (Wildman–Crippen LogP) is 17.1. The predicted molar refractivity (Wildman–Crippen MR) is 279 cm³/mol. The largest absolute Gasteiger partial charge is 0.462 e. The molecule has 0 bridgehead atoms. The summed E-state index contributed by atoms with van der Waals surface area (Å²) < 4.78 is 16.6. The van der Waals surface area contributed by atoms with Crippen LogP contribution in [0.5, 0.6) is 0 Å². The highest BCUT2D eigenvalue weighted by atomic mass is 16.6. The van der Waals surface area contributed by atoms with Crippen LogP contribution in [0.2, 0.25) is 0 Å². The zero-order valence-corrected chi connectivity index (χ0v) is 41.4. The van der Waals surface area contributed by atoms with Gasteiger partial charge in [-0.25, -0.2) is 0 Å². The molecule has 0 heterocycles. The van der Waals surface area contributed by atoms with E-state index in [-0.39, 0.29) is 31.6 Å². The molecule has 0 aliphatic rings. The van der Waals surface area contributed by atoms with Gasteiger partial charge in [-0.1, -0.05) is 219 Å². The first kappa shape index (κ1) is 60.5. The van der Waals surface area contributed by atoms with Crippen LogP contribution >= 0.6 is 0 Å². The van der Waals surface area contributed by atoms with Crippen LogP contribution in [0.4, 0.5) is 0 Å². The second-order valence-electron chi connectivity index (χ2n) is 16.3. The lowest BCUT2D eigenvalue weighted by molar-refractivity contribution is -0.166. The molecule has 1 unspecified atom stereocenters. The highest BCUT2D eigenvalue weighted by Crippen LogP contribution is 2.12. The zero-order chi connectivity index (χ0) is 47.2. The molecule has 0 aromatic heterocycles. The van der Waals surface area contributed by atoms with Crippen molar-refractivity contribution in [2.75, 3.05) is 13.2 Å². The summed E-state index contributed by atoms with van der Waals surface area (Å²) in [6.45, 7) is 6.26. The van der Waals surface area contributed by atoms with E-state index < -0.39 is 12.1 Å². The van der Waals surface area contributed by atoms with Gasteiger partial charge in [-0.05, 0) is 96.3 Å². The monoisotopic (exact) mass is 897 g/mol. The van der Waals surface area contributed by atoms with Crippen molar-refractivity contribution in [3.63, 3.8) is 0 Å². The van der Waals surface area contributed by atoms with Crippen molar-refractivity contribution in [1.82, 2.24) is 0 Å². The Morgan fingerprint density at radius 3 is 1.02 bits per heavy atom. The van der Waals surface area contributed by atoms with Crippen LogP contribution in [0.3, 0.4) is 0 Å². The lowest BCUT2D eigenvalue weighted by atomic mass is 10.1. The van der Waals surface area contributed by atoms with Gasteiger partial charge in [-0.15, -0.1) is 0 Å². The summed E-state index contributed by atoms with van der Waals surface area (Å²) in [4.78, 5) is 37.8. The van der Waals surface area contributed by atoms with Crippen molar-refractivity contribution in [2.45, 2.75) is 207 Å². The first-order chi connectivity index (χ1) is 32.0. The summed E-state index contributed by atoms with van der Waals surface area (Å²) in [6, 6.07) is 0. The molecule has 0 saturated heterocycles. The zero-order valence-electron chi connectivity index (χ0n) is 41.4. The van der Waals surface area contributed by atoms with Crippen LogP contribution in [0, 0.1) is 0 Å². The molecule has 0 spiro atoms. The Kier molecular flexibility index (Phi) is 48.6. The smallest absolute Gasteiger partial charge is 0.310 e. The number of allylic oxidation sites excluding steroid dienone is 21. The molecule has 0 aliphatic carbocycles. The van der Waals surface area contributed by atoms with Gasteiger partial charge in [-0.2, -0.15) is 0 Å². The lowest BCUT2D eigenvalue weighted by Gasteiger charge is -2.18. The summed E-state index contributed by atoms with van der Waals surface area (Å²) >= 11 is 0. The lowest BCUT2D eigenvalue weighted by Crippen LogP contribution is -2.30. The molecular formula is C59H92O6.